The van der Waals surface area contributed by atoms with Gasteiger partial charge in [-0.3, -0.25) is 9.78 Å². The van der Waals surface area contributed by atoms with Gasteiger partial charge in [-0.1, -0.05) is 0 Å². The topological polar surface area (TPSA) is 54.5 Å². The van der Waals surface area contributed by atoms with Gasteiger partial charge in [-0.05, 0) is 46.8 Å². The van der Waals surface area contributed by atoms with Crippen molar-refractivity contribution >= 4 is 5.91 Å². The second kappa shape index (κ2) is 6.89. The molecule has 0 aliphatic carbocycles. The van der Waals surface area contributed by atoms with Gasteiger partial charge >= 0.3 is 0 Å². The zero-order chi connectivity index (χ0) is 16.2. The molecule has 5 heteroatoms. The minimum absolute atomic E-state index is 0.00618. The summed E-state index contributed by atoms with van der Waals surface area (Å²) < 4.78 is 5.80. The van der Waals surface area contributed by atoms with E-state index in [2.05, 4.69) is 31.1 Å². The lowest BCUT2D eigenvalue weighted by Gasteiger charge is -2.23. The van der Waals surface area contributed by atoms with E-state index in [0.717, 1.165) is 11.4 Å². The molecule has 1 rings (SSSR count). The first kappa shape index (κ1) is 17.4. The molecule has 0 bridgehead atoms. The van der Waals surface area contributed by atoms with Gasteiger partial charge in [0, 0.05) is 31.9 Å². The molecule has 21 heavy (non-hydrogen) atoms. The SMILES string of the molecule is Cc1ccc(OC(C)C(=O)N(C)C)c(CNC(C)(C)C)n1. The van der Waals surface area contributed by atoms with Crippen molar-refractivity contribution in [2.75, 3.05) is 14.1 Å². The van der Waals surface area contributed by atoms with Crippen molar-refractivity contribution in [3.8, 4) is 5.75 Å². The average Bonchev–Trinajstić information content (AvgIpc) is 2.36. The number of aryl methyl sites for hydroxylation is 1. The molecule has 0 aliphatic rings. The maximum Gasteiger partial charge on any atom is 0.262 e. The Labute approximate surface area is 127 Å². The van der Waals surface area contributed by atoms with Crippen LogP contribution in [0.3, 0.4) is 0 Å². The standard InChI is InChI=1S/C16H27N3O2/c1-11-8-9-14(21-12(2)15(20)19(6)7)13(18-11)10-17-16(3,4)5/h8-9,12,17H,10H2,1-7H3. The Bertz CT molecular complexity index is 493. The van der Waals surface area contributed by atoms with Gasteiger partial charge in [0.15, 0.2) is 6.10 Å². The van der Waals surface area contributed by atoms with Gasteiger partial charge in [-0.15, -0.1) is 0 Å². The molecule has 0 aliphatic heterocycles. The van der Waals surface area contributed by atoms with Crippen molar-refractivity contribution < 1.29 is 9.53 Å². The smallest absolute Gasteiger partial charge is 0.262 e. The number of carbonyl (C=O) groups excluding carboxylic acids is 1. The largest absolute Gasteiger partial charge is 0.479 e. The Morgan fingerprint density at radius 3 is 2.52 bits per heavy atom. The molecule has 1 aromatic rings. The molecule has 1 unspecified atom stereocenters. The molecular weight excluding hydrogens is 266 g/mol. The van der Waals surface area contributed by atoms with Crippen LogP contribution >= 0.6 is 0 Å². The van der Waals surface area contributed by atoms with Crippen molar-refractivity contribution in [3.63, 3.8) is 0 Å². The number of carbonyl (C=O) groups is 1. The van der Waals surface area contributed by atoms with E-state index in [0.29, 0.717) is 12.3 Å². The van der Waals surface area contributed by atoms with Crippen molar-refractivity contribution in [1.29, 1.82) is 0 Å². The van der Waals surface area contributed by atoms with Crippen LogP contribution in [0.25, 0.3) is 0 Å². The zero-order valence-corrected chi connectivity index (χ0v) is 14.2. The van der Waals surface area contributed by atoms with E-state index in [9.17, 15) is 4.79 Å². The van der Waals surface area contributed by atoms with Crippen LogP contribution < -0.4 is 10.1 Å². The zero-order valence-electron chi connectivity index (χ0n) is 14.2. The Balaban J connectivity index is 2.89. The van der Waals surface area contributed by atoms with Gasteiger partial charge in [0.1, 0.15) is 5.75 Å². The van der Waals surface area contributed by atoms with Crippen LogP contribution in [-0.4, -0.2) is 41.5 Å². The number of pyridine rings is 1. The molecule has 0 saturated heterocycles. The maximum atomic E-state index is 11.9. The molecule has 5 nitrogen and oxygen atoms in total. The maximum absolute atomic E-state index is 11.9. The van der Waals surface area contributed by atoms with Crippen LogP contribution in [-0.2, 0) is 11.3 Å². The van der Waals surface area contributed by atoms with Crippen LogP contribution in [0, 0.1) is 6.92 Å². The van der Waals surface area contributed by atoms with E-state index >= 15 is 0 Å². The number of hydrogen-bond acceptors (Lipinski definition) is 4. The predicted molar refractivity (Wildman–Crippen MR) is 84.4 cm³/mol. The lowest BCUT2D eigenvalue weighted by Crippen LogP contribution is -2.37. The molecule has 0 fully saturated rings. The lowest BCUT2D eigenvalue weighted by atomic mass is 10.1. The highest BCUT2D eigenvalue weighted by Gasteiger charge is 2.19. The molecule has 1 N–H and O–H groups in total. The van der Waals surface area contributed by atoms with Gasteiger partial charge in [-0.25, -0.2) is 0 Å². The summed E-state index contributed by atoms with van der Waals surface area (Å²) >= 11 is 0. The van der Waals surface area contributed by atoms with Gasteiger partial charge < -0.3 is 15.0 Å². The van der Waals surface area contributed by atoms with Crippen molar-refractivity contribution in [2.24, 2.45) is 0 Å². The monoisotopic (exact) mass is 293 g/mol. The number of nitrogens with zero attached hydrogens (tertiary/aromatic N) is 2. The summed E-state index contributed by atoms with van der Waals surface area (Å²) in [6.45, 7) is 10.6. The Kier molecular flexibility index (Phi) is 5.72. The number of likely N-dealkylation sites (N-methyl/N-ethyl adjacent to an activating group) is 1. The van der Waals surface area contributed by atoms with Gasteiger partial charge in [0.25, 0.3) is 5.91 Å². The molecule has 1 heterocycles. The third kappa shape index (κ3) is 5.71. The fourth-order valence-electron chi connectivity index (χ4n) is 1.79. The number of ether oxygens (including phenoxy) is 1. The number of amides is 1. The molecule has 1 aromatic heterocycles. The first-order chi connectivity index (χ1) is 9.60. The molecule has 0 radical (unpaired) electrons. The van der Waals surface area contributed by atoms with Crippen LogP contribution in [0.15, 0.2) is 12.1 Å². The van der Waals surface area contributed by atoms with Gasteiger partial charge in [0.2, 0.25) is 0 Å². The lowest BCUT2D eigenvalue weighted by molar-refractivity contribution is -0.135. The van der Waals surface area contributed by atoms with Crippen LogP contribution in [0.2, 0.25) is 0 Å². The number of aromatic nitrogens is 1. The highest BCUT2D eigenvalue weighted by Crippen LogP contribution is 2.19. The molecular formula is C16H27N3O2. The van der Waals surface area contributed by atoms with Crippen LogP contribution in [0.1, 0.15) is 39.1 Å². The van der Waals surface area contributed by atoms with Crippen molar-refractivity contribution in [2.45, 2.75) is 52.8 Å². The van der Waals surface area contributed by atoms with Crippen molar-refractivity contribution in [1.82, 2.24) is 15.2 Å². The molecule has 0 spiro atoms. The fraction of sp³-hybridized carbons (Fsp3) is 0.625. The molecule has 118 valence electrons. The van der Waals surface area contributed by atoms with E-state index in [-0.39, 0.29) is 11.4 Å². The molecule has 0 saturated carbocycles. The van der Waals surface area contributed by atoms with Crippen LogP contribution in [0.5, 0.6) is 5.75 Å². The normalized spacial score (nSPS) is 12.9. The molecule has 1 amide bonds. The van der Waals surface area contributed by atoms with E-state index in [1.807, 2.05) is 19.1 Å². The summed E-state index contributed by atoms with van der Waals surface area (Å²) in [4.78, 5) is 18.0. The average molecular weight is 293 g/mol. The van der Waals surface area contributed by atoms with E-state index in [4.69, 9.17) is 4.74 Å². The summed E-state index contributed by atoms with van der Waals surface area (Å²) in [6, 6.07) is 3.77. The highest BCUT2D eigenvalue weighted by molar-refractivity contribution is 5.80. The fourth-order valence-corrected chi connectivity index (χ4v) is 1.79. The number of rotatable bonds is 5. The summed E-state index contributed by atoms with van der Waals surface area (Å²) in [5, 5.41) is 3.39. The van der Waals surface area contributed by atoms with Crippen molar-refractivity contribution in [3.05, 3.63) is 23.5 Å². The van der Waals surface area contributed by atoms with Gasteiger partial charge in [0.05, 0.1) is 5.69 Å². The minimum Gasteiger partial charge on any atom is -0.479 e. The summed E-state index contributed by atoms with van der Waals surface area (Å²) in [5.74, 6) is 0.588. The third-order valence-electron chi connectivity index (χ3n) is 2.95. The predicted octanol–water partition coefficient (Wildman–Crippen LogP) is 2.13. The summed E-state index contributed by atoms with van der Waals surface area (Å²) in [6.07, 6.45) is -0.530. The number of hydrogen-bond donors (Lipinski definition) is 1. The minimum atomic E-state index is -0.530. The Morgan fingerprint density at radius 2 is 2.00 bits per heavy atom. The van der Waals surface area contributed by atoms with Crippen LogP contribution in [0.4, 0.5) is 0 Å². The third-order valence-corrected chi connectivity index (χ3v) is 2.95. The Hall–Kier alpha value is -1.62. The molecule has 0 aromatic carbocycles. The highest BCUT2D eigenvalue weighted by atomic mass is 16.5. The summed E-state index contributed by atoms with van der Waals surface area (Å²) in [5.41, 5.74) is 1.75. The first-order valence-electron chi connectivity index (χ1n) is 7.19. The Morgan fingerprint density at radius 1 is 1.38 bits per heavy atom. The van der Waals surface area contributed by atoms with E-state index in [1.54, 1.807) is 21.0 Å². The first-order valence-corrected chi connectivity index (χ1v) is 7.19. The second-order valence-electron chi connectivity index (χ2n) is 6.49. The second-order valence-corrected chi connectivity index (χ2v) is 6.49. The van der Waals surface area contributed by atoms with E-state index in [1.165, 1.54) is 4.90 Å². The number of nitrogens with one attached hydrogen (secondary N) is 1. The quantitative estimate of drug-likeness (QED) is 0.903. The molecule has 1 atom stereocenters. The van der Waals surface area contributed by atoms with E-state index < -0.39 is 6.10 Å². The van der Waals surface area contributed by atoms with Gasteiger partial charge in [-0.2, -0.15) is 0 Å². The summed E-state index contributed by atoms with van der Waals surface area (Å²) in [7, 11) is 3.44.